The number of unbranched alkanes of at least 4 members (excludes halogenated alkanes) is 44. The molecule has 14 N–H and O–H groups in total. The van der Waals surface area contributed by atoms with E-state index in [-0.39, 0.29) is 12.3 Å². The number of hydrogen-bond donors (Lipinski definition) is 14. The molecule has 0 aromatic heterocycles. The van der Waals surface area contributed by atoms with Crippen LogP contribution in [0, 0.1) is 0 Å². The van der Waals surface area contributed by atoms with Crippen LogP contribution in [0.15, 0.2) is 12.2 Å². The number of carbonyl (C=O) groups excluding carboxylic acids is 2. The number of carboxylic acid groups (broad SMARTS) is 1. The van der Waals surface area contributed by atoms with Crippen molar-refractivity contribution in [2.24, 2.45) is 0 Å². The summed E-state index contributed by atoms with van der Waals surface area (Å²) in [4.78, 5) is 38.7. The molecule has 2 amide bonds. The Balaban J connectivity index is 1.53. The smallest absolute Gasteiger partial charge is 0.364 e. The molecular weight excluding hydrogens is 1300 g/mol. The van der Waals surface area contributed by atoms with Crippen molar-refractivity contribution in [3.8, 4) is 0 Å². The molecule has 101 heavy (non-hydrogen) atoms. The first kappa shape index (κ1) is 92.7. The van der Waals surface area contributed by atoms with Crippen molar-refractivity contribution >= 4 is 17.8 Å². The van der Waals surface area contributed by atoms with E-state index in [1.165, 1.54) is 238 Å². The quantitative estimate of drug-likeness (QED) is 0.0199. The number of amides is 2. The molecule has 3 aliphatic heterocycles. The Morgan fingerprint density at radius 1 is 0.515 bits per heavy atom. The molecule has 0 aliphatic carbocycles. The maximum absolute atomic E-state index is 13.5. The molecule has 0 saturated carbocycles. The van der Waals surface area contributed by atoms with Gasteiger partial charge in [-0.25, -0.2) is 4.79 Å². The number of allylic oxidation sites excluding steroid dienone is 1. The summed E-state index contributed by atoms with van der Waals surface area (Å²) < 4.78 is 34.9. The van der Waals surface area contributed by atoms with Crippen LogP contribution < -0.4 is 10.6 Å². The Hall–Kier alpha value is -2.53. The van der Waals surface area contributed by atoms with Gasteiger partial charge in [0.05, 0.1) is 50.7 Å². The van der Waals surface area contributed by atoms with E-state index in [9.17, 15) is 75.7 Å². The molecular formula is C78H146N2O21. The number of nitrogens with one attached hydrogen (secondary N) is 2. The summed E-state index contributed by atoms with van der Waals surface area (Å²) in [5, 5.41) is 136. The van der Waals surface area contributed by atoms with Crippen LogP contribution >= 0.6 is 0 Å². The third-order valence-electron chi connectivity index (χ3n) is 20.7. The fraction of sp³-hybridized carbons (Fsp3) is 0.936. The summed E-state index contributed by atoms with van der Waals surface area (Å²) in [5.74, 6) is -6.13. The zero-order valence-electron chi connectivity index (χ0n) is 62.8. The standard InChI is InChI=1S/C78H146N2O21/c1-4-6-8-10-12-14-16-18-20-22-24-26-28-30-31-33-35-37-39-41-43-45-47-49-51-60(85)59(80-65(88)52-50-48-46-44-42-40-38-36-34-32-29-27-25-23-21-19-17-15-13-11-9-7-5-2)57-96-75-70(92)69(91)72(64(56-83)98-75)99-76-71(93)74(68(90)63(55-82)97-76)101-78(77(94)95)53-61(86)66(79-58(3)84)73(100-78)67(89)62(87)54-81/h49,51,59-64,66-76,81-83,85-87,89-93H,4-48,50,52-57H2,1-3H3,(H,79,84)(H,80,88)(H,94,95)/b51-49+. The minimum atomic E-state index is -3.08. The lowest BCUT2D eigenvalue weighted by Crippen LogP contribution is -2.70. The first-order valence-electron chi connectivity index (χ1n) is 40.6. The number of aliphatic carboxylic acids is 1. The van der Waals surface area contributed by atoms with Crippen LogP contribution in [0.1, 0.15) is 329 Å². The van der Waals surface area contributed by atoms with Crippen LogP contribution in [0.5, 0.6) is 0 Å². The van der Waals surface area contributed by atoms with Crippen LogP contribution in [0.25, 0.3) is 0 Å². The highest BCUT2D eigenvalue weighted by molar-refractivity contribution is 5.77. The molecule has 0 bridgehead atoms. The molecule has 3 saturated heterocycles. The van der Waals surface area contributed by atoms with Gasteiger partial charge in [0.2, 0.25) is 11.8 Å². The molecule has 0 spiro atoms. The average Bonchev–Trinajstić information content (AvgIpc) is 0.756. The molecule has 3 aliphatic rings. The van der Waals surface area contributed by atoms with Crippen molar-refractivity contribution in [2.75, 3.05) is 26.4 Å². The van der Waals surface area contributed by atoms with Crippen molar-refractivity contribution in [3.05, 3.63) is 12.2 Å². The van der Waals surface area contributed by atoms with Crippen LogP contribution in [0.3, 0.4) is 0 Å². The molecule has 0 aromatic carbocycles. The van der Waals surface area contributed by atoms with E-state index in [2.05, 4.69) is 24.5 Å². The van der Waals surface area contributed by atoms with Crippen LogP contribution in [0.4, 0.5) is 0 Å². The number of carboxylic acids is 1. The Bertz CT molecular complexity index is 2070. The predicted octanol–water partition coefficient (Wildman–Crippen LogP) is 10.6. The monoisotopic (exact) mass is 1450 g/mol. The highest BCUT2D eigenvalue weighted by atomic mass is 16.8. The Morgan fingerprint density at radius 3 is 1.32 bits per heavy atom. The SMILES string of the molecule is CCCCCCCCCCCCCCCCCCCCCCCC/C=C/C(O)C(COC1OC(CO)C(OC2OC(CO)C(O)C(OC3(C(=O)O)CC(O)C(NC(C)=O)C(C(O)C(O)CO)O3)C2O)C(O)C1O)NC(=O)CCCCCCCCCCCCCCCCCCCCCCCCC. The van der Waals surface area contributed by atoms with Crippen molar-refractivity contribution < 1.29 is 104 Å². The second kappa shape index (κ2) is 57.6. The van der Waals surface area contributed by atoms with E-state index >= 15 is 0 Å². The van der Waals surface area contributed by atoms with Crippen molar-refractivity contribution in [2.45, 2.75) is 439 Å². The van der Waals surface area contributed by atoms with Gasteiger partial charge in [0.25, 0.3) is 5.79 Å². The van der Waals surface area contributed by atoms with Crippen molar-refractivity contribution in [1.29, 1.82) is 0 Å². The van der Waals surface area contributed by atoms with E-state index in [1.807, 2.05) is 6.08 Å². The molecule has 18 atom stereocenters. The maximum Gasteiger partial charge on any atom is 0.364 e. The summed E-state index contributed by atoms with van der Waals surface area (Å²) in [6.45, 7) is 2.20. The van der Waals surface area contributed by atoms with E-state index < -0.39 is 155 Å². The summed E-state index contributed by atoms with van der Waals surface area (Å²) >= 11 is 0. The number of carbonyl (C=O) groups is 3. The second-order valence-electron chi connectivity index (χ2n) is 29.6. The van der Waals surface area contributed by atoms with Crippen LogP contribution in [-0.4, -0.2) is 215 Å². The van der Waals surface area contributed by atoms with Gasteiger partial charge in [-0.1, -0.05) is 302 Å². The third-order valence-corrected chi connectivity index (χ3v) is 20.7. The topological polar surface area (TPSA) is 373 Å². The van der Waals surface area contributed by atoms with Gasteiger partial charge in [0.1, 0.15) is 67.1 Å². The van der Waals surface area contributed by atoms with Crippen LogP contribution in [-0.2, 0) is 42.8 Å². The summed E-state index contributed by atoms with van der Waals surface area (Å²) in [7, 11) is 0. The number of ether oxygens (including phenoxy) is 6. The zero-order valence-corrected chi connectivity index (χ0v) is 62.8. The van der Waals surface area contributed by atoms with Gasteiger partial charge in [-0.05, 0) is 19.3 Å². The number of aliphatic hydroxyl groups is 11. The van der Waals surface area contributed by atoms with E-state index in [0.717, 1.165) is 51.9 Å². The molecule has 3 fully saturated rings. The average molecular weight is 1450 g/mol. The highest BCUT2D eigenvalue weighted by Crippen LogP contribution is 2.39. The lowest BCUT2D eigenvalue weighted by atomic mass is 9.88. The maximum atomic E-state index is 13.5. The molecule has 3 rings (SSSR count). The molecule has 18 unspecified atom stereocenters. The lowest BCUT2D eigenvalue weighted by Gasteiger charge is -2.50. The van der Waals surface area contributed by atoms with Crippen molar-refractivity contribution in [3.63, 3.8) is 0 Å². The van der Waals surface area contributed by atoms with Gasteiger partial charge in [-0.3, -0.25) is 9.59 Å². The van der Waals surface area contributed by atoms with Crippen LogP contribution in [0.2, 0.25) is 0 Å². The second-order valence-corrected chi connectivity index (χ2v) is 29.6. The molecule has 0 radical (unpaired) electrons. The Morgan fingerprint density at radius 2 is 0.921 bits per heavy atom. The fourth-order valence-corrected chi connectivity index (χ4v) is 14.3. The number of hydrogen-bond acceptors (Lipinski definition) is 20. The van der Waals surface area contributed by atoms with Gasteiger partial charge in [0.15, 0.2) is 12.6 Å². The fourth-order valence-electron chi connectivity index (χ4n) is 14.3. The molecule has 23 heteroatoms. The first-order chi connectivity index (χ1) is 48.9. The molecule has 3 heterocycles. The number of rotatable bonds is 64. The first-order valence-corrected chi connectivity index (χ1v) is 40.6. The van der Waals surface area contributed by atoms with Gasteiger partial charge in [-0.15, -0.1) is 0 Å². The summed E-state index contributed by atoms with van der Waals surface area (Å²) in [6.07, 6.45) is 32.4. The lowest BCUT2D eigenvalue weighted by molar-refractivity contribution is -0.386. The zero-order chi connectivity index (χ0) is 73.9. The van der Waals surface area contributed by atoms with Gasteiger partial charge < -0.3 is 100 Å². The number of aliphatic hydroxyl groups excluding tert-OH is 11. The molecule has 23 nitrogen and oxygen atoms in total. The molecule has 0 aromatic rings. The van der Waals surface area contributed by atoms with E-state index in [1.54, 1.807) is 6.08 Å². The minimum Gasteiger partial charge on any atom is -0.477 e. The third kappa shape index (κ3) is 38.2. The normalized spacial score (nSPS) is 26.8. The van der Waals surface area contributed by atoms with Gasteiger partial charge >= 0.3 is 5.97 Å². The predicted molar refractivity (Wildman–Crippen MR) is 389 cm³/mol. The largest absolute Gasteiger partial charge is 0.477 e. The van der Waals surface area contributed by atoms with Crippen molar-refractivity contribution in [1.82, 2.24) is 10.6 Å². The highest BCUT2D eigenvalue weighted by Gasteiger charge is 2.60. The summed E-state index contributed by atoms with van der Waals surface area (Å²) in [5.41, 5.74) is 0. The van der Waals surface area contributed by atoms with E-state index in [4.69, 9.17) is 28.4 Å². The Kier molecular flexibility index (Phi) is 52.9. The van der Waals surface area contributed by atoms with Gasteiger partial charge in [0, 0.05) is 19.8 Å². The van der Waals surface area contributed by atoms with Gasteiger partial charge in [-0.2, -0.15) is 0 Å². The summed E-state index contributed by atoms with van der Waals surface area (Å²) in [6, 6.07) is -2.62. The minimum absolute atomic E-state index is 0.206. The molecule has 594 valence electrons. The van der Waals surface area contributed by atoms with E-state index in [0.29, 0.717) is 12.8 Å². The Labute approximate surface area is 607 Å².